The number of halogens is 1. The minimum Gasteiger partial charge on any atom is -0.343 e. The summed E-state index contributed by atoms with van der Waals surface area (Å²) in [7, 11) is 0. The van der Waals surface area contributed by atoms with E-state index in [1.807, 2.05) is 18.3 Å². The van der Waals surface area contributed by atoms with E-state index < -0.39 is 0 Å². The lowest BCUT2D eigenvalue weighted by atomic mass is 10.1. The van der Waals surface area contributed by atoms with Crippen LogP contribution in [0.25, 0.3) is 10.9 Å². The maximum Gasteiger partial charge on any atom is 0.124 e. The minimum absolute atomic E-state index is 0.354. The van der Waals surface area contributed by atoms with E-state index in [2.05, 4.69) is 29.7 Å². The van der Waals surface area contributed by atoms with E-state index in [9.17, 15) is 4.39 Å². The van der Waals surface area contributed by atoms with E-state index in [4.69, 9.17) is 5.26 Å². The van der Waals surface area contributed by atoms with Gasteiger partial charge in [0.05, 0.1) is 11.6 Å². The SMILES string of the molecule is Cc1ccc2c(ccn2Cc2cc(F)cc(C#N)c2)c1. The fourth-order valence-electron chi connectivity index (χ4n) is 2.46. The van der Waals surface area contributed by atoms with Gasteiger partial charge >= 0.3 is 0 Å². The zero-order valence-electron chi connectivity index (χ0n) is 11.1. The number of hydrogen-bond donors (Lipinski definition) is 0. The van der Waals surface area contributed by atoms with Gasteiger partial charge in [0.1, 0.15) is 5.82 Å². The Balaban J connectivity index is 2.01. The molecule has 3 aromatic rings. The van der Waals surface area contributed by atoms with Crippen molar-refractivity contribution in [2.24, 2.45) is 0 Å². The molecular formula is C17H13FN2. The van der Waals surface area contributed by atoms with Gasteiger partial charge in [0.2, 0.25) is 0 Å². The lowest BCUT2D eigenvalue weighted by Crippen LogP contribution is -1.99. The van der Waals surface area contributed by atoms with Gasteiger partial charge in [0.15, 0.2) is 0 Å². The van der Waals surface area contributed by atoms with Gasteiger partial charge in [-0.05, 0) is 54.3 Å². The van der Waals surface area contributed by atoms with Crippen molar-refractivity contribution in [1.29, 1.82) is 5.26 Å². The number of hydrogen-bond acceptors (Lipinski definition) is 1. The molecule has 0 atom stereocenters. The van der Waals surface area contributed by atoms with Gasteiger partial charge in [0.25, 0.3) is 0 Å². The number of nitrogens with zero attached hydrogens (tertiary/aromatic N) is 2. The molecule has 0 amide bonds. The molecule has 0 aliphatic heterocycles. The lowest BCUT2D eigenvalue weighted by molar-refractivity contribution is 0.623. The Bertz CT molecular complexity index is 825. The second-order valence-electron chi connectivity index (χ2n) is 4.97. The highest BCUT2D eigenvalue weighted by Crippen LogP contribution is 2.19. The van der Waals surface area contributed by atoms with Crippen molar-refractivity contribution in [1.82, 2.24) is 4.57 Å². The van der Waals surface area contributed by atoms with Gasteiger partial charge in [-0.15, -0.1) is 0 Å². The summed E-state index contributed by atoms with van der Waals surface area (Å²) in [6, 6.07) is 14.7. The predicted molar refractivity (Wildman–Crippen MR) is 76.9 cm³/mol. The monoisotopic (exact) mass is 264 g/mol. The molecule has 0 aliphatic rings. The largest absolute Gasteiger partial charge is 0.343 e. The fraction of sp³-hybridized carbons (Fsp3) is 0.118. The average molecular weight is 264 g/mol. The molecule has 0 saturated heterocycles. The summed E-state index contributed by atoms with van der Waals surface area (Å²) < 4.78 is 15.5. The normalized spacial score (nSPS) is 10.7. The second-order valence-corrected chi connectivity index (χ2v) is 4.97. The molecule has 0 fully saturated rings. The average Bonchev–Trinajstić information content (AvgIpc) is 2.80. The third-order valence-corrected chi connectivity index (χ3v) is 3.37. The highest BCUT2D eigenvalue weighted by Gasteiger charge is 2.05. The van der Waals surface area contributed by atoms with Gasteiger partial charge in [-0.25, -0.2) is 4.39 Å². The number of nitriles is 1. The van der Waals surface area contributed by atoms with Crippen LogP contribution in [-0.2, 0) is 6.54 Å². The fourth-order valence-corrected chi connectivity index (χ4v) is 2.46. The molecule has 0 bridgehead atoms. The summed E-state index contributed by atoms with van der Waals surface area (Å²) in [4.78, 5) is 0. The highest BCUT2D eigenvalue weighted by molar-refractivity contribution is 5.80. The Morgan fingerprint density at radius 2 is 2.00 bits per heavy atom. The standard InChI is InChI=1S/C17H13FN2/c1-12-2-3-17-15(6-12)4-5-20(17)11-14-7-13(10-19)8-16(18)9-14/h2-9H,11H2,1H3. The van der Waals surface area contributed by atoms with Crippen LogP contribution in [0.2, 0.25) is 0 Å². The van der Waals surface area contributed by atoms with Crippen molar-refractivity contribution in [3.8, 4) is 6.07 Å². The molecule has 3 heteroatoms. The highest BCUT2D eigenvalue weighted by atomic mass is 19.1. The summed E-state index contributed by atoms with van der Waals surface area (Å²) >= 11 is 0. The van der Waals surface area contributed by atoms with Crippen LogP contribution in [0.15, 0.2) is 48.7 Å². The van der Waals surface area contributed by atoms with Gasteiger partial charge < -0.3 is 4.57 Å². The minimum atomic E-state index is -0.369. The Morgan fingerprint density at radius 3 is 2.80 bits per heavy atom. The van der Waals surface area contributed by atoms with Crippen LogP contribution in [0.3, 0.4) is 0 Å². The molecule has 0 unspecified atom stereocenters. The smallest absolute Gasteiger partial charge is 0.124 e. The van der Waals surface area contributed by atoms with Crippen molar-refractivity contribution in [2.75, 3.05) is 0 Å². The zero-order valence-corrected chi connectivity index (χ0v) is 11.1. The van der Waals surface area contributed by atoms with E-state index in [-0.39, 0.29) is 5.82 Å². The van der Waals surface area contributed by atoms with Crippen LogP contribution in [0.5, 0.6) is 0 Å². The first-order valence-corrected chi connectivity index (χ1v) is 6.41. The molecule has 0 N–H and O–H groups in total. The molecular weight excluding hydrogens is 251 g/mol. The molecule has 1 aromatic heterocycles. The Kier molecular flexibility index (Phi) is 3.00. The predicted octanol–water partition coefficient (Wildman–Crippen LogP) is 4.01. The van der Waals surface area contributed by atoms with E-state index in [0.29, 0.717) is 12.1 Å². The van der Waals surface area contributed by atoms with Gasteiger partial charge in [-0.1, -0.05) is 11.6 Å². The van der Waals surface area contributed by atoms with Crippen LogP contribution in [0, 0.1) is 24.1 Å². The van der Waals surface area contributed by atoms with Crippen molar-refractivity contribution in [3.05, 3.63) is 71.2 Å². The topological polar surface area (TPSA) is 28.7 Å². The van der Waals surface area contributed by atoms with Crippen LogP contribution in [0.1, 0.15) is 16.7 Å². The van der Waals surface area contributed by atoms with Crippen LogP contribution in [-0.4, -0.2) is 4.57 Å². The third kappa shape index (κ3) is 2.28. The van der Waals surface area contributed by atoms with Crippen molar-refractivity contribution in [3.63, 3.8) is 0 Å². The molecule has 0 aliphatic carbocycles. The van der Waals surface area contributed by atoms with E-state index in [0.717, 1.165) is 11.1 Å². The number of aromatic nitrogens is 1. The summed E-state index contributed by atoms with van der Waals surface area (Å²) in [5.74, 6) is -0.369. The van der Waals surface area contributed by atoms with Crippen molar-refractivity contribution >= 4 is 10.9 Å². The first-order valence-electron chi connectivity index (χ1n) is 6.41. The molecule has 2 aromatic carbocycles. The first-order chi connectivity index (χ1) is 9.65. The van der Waals surface area contributed by atoms with Gasteiger partial charge in [-0.2, -0.15) is 5.26 Å². The lowest BCUT2D eigenvalue weighted by Gasteiger charge is -2.07. The second kappa shape index (κ2) is 4.82. The summed E-state index contributed by atoms with van der Waals surface area (Å²) in [6.07, 6.45) is 1.99. The number of aryl methyl sites for hydroxylation is 1. The number of benzene rings is 2. The number of rotatable bonds is 2. The Morgan fingerprint density at radius 1 is 1.15 bits per heavy atom. The Labute approximate surface area is 116 Å². The van der Waals surface area contributed by atoms with Crippen molar-refractivity contribution < 1.29 is 4.39 Å². The van der Waals surface area contributed by atoms with Gasteiger partial charge in [0, 0.05) is 18.3 Å². The van der Waals surface area contributed by atoms with Crippen molar-refractivity contribution in [2.45, 2.75) is 13.5 Å². The van der Waals surface area contributed by atoms with Crippen LogP contribution in [0.4, 0.5) is 4.39 Å². The molecule has 20 heavy (non-hydrogen) atoms. The third-order valence-electron chi connectivity index (χ3n) is 3.37. The molecule has 3 rings (SSSR count). The maximum absolute atomic E-state index is 13.4. The maximum atomic E-state index is 13.4. The van der Waals surface area contributed by atoms with E-state index in [1.54, 1.807) is 6.07 Å². The Hall–Kier alpha value is -2.60. The zero-order chi connectivity index (χ0) is 14.1. The van der Waals surface area contributed by atoms with E-state index >= 15 is 0 Å². The quantitative estimate of drug-likeness (QED) is 0.687. The molecule has 2 nitrogen and oxygen atoms in total. The summed E-state index contributed by atoms with van der Waals surface area (Å²) in [5, 5.41) is 10.1. The summed E-state index contributed by atoms with van der Waals surface area (Å²) in [6.45, 7) is 2.61. The molecule has 1 heterocycles. The molecule has 0 spiro atoms. The van der Waals surface area contributed by atoms with Crippen LogP contribution < -0.4 is 0 Å². The molecule has 0 saturated carbocycles. The van der Waals surface area contributed by atoms with E-state index in [1.165, 1.54) is 23.1 Å². The molecule has 0 radical (unpaired) electrons. The van der Waals surface area contributed by atoms with Crippen LogP contribution >= 0.6 is 0 Å². The van der Waals surface area contributed by atoms with Gasteiger partial charge in [-0.3, -0.25) is 0 Å². The number of fused-ring (bicyclic) bond motifs is 1. The first kappa shape index (κ1) is 12.4. The molecule has 98 valence electrons. The summed E-state index contributed by atoms with van der Waals surface area (Å²) in [5.41, 5.74) is 3.47.